The Balaban J connectivity index is 2.05. The first-order valence-electron chi connectivity index (χ1n) is 10.2. The maximum Gasteiger partial charge on any atom is 0.342 e. The Bertz CT molecular complexity index is 860. The molecule has 0 aromatic carbocycles. The van der Waals surface area contributed by atoms with Crippen LogP contribution in [0.5, 0.6) is 0 Å². The second kappa shape index (κ2) is 12.1. The monoisotopic (exact) mass is 487 g/mol. The molecule has 2 heterocycles. The summed E-state index contributed by atoms with van der Waals surface area (Å²) in [7, 11) is -1.62. The van der Waals surface area contributed by atoms with E-state index in [1.54, 1.807) is 17.2 Å². The molecule has 184 valence electrons. The fraction of sp³-hybridized carbons (Fsp3) is 0.550. The Hall–Kier alpha value is -2.50. The maximum absolute atomic E-state index is 13.4. The summed E-state index contributed by atoms with van der Waals surface area (Å²) in [5.41, 5.74) is 0.244. The zero-order valence-electron chi connectivity index (χ0n) is 18.8. The fourth-order valence-electron chi connectivity index (χ4n) is 3.22. The number of carboxylic acid groups (broad SMARTS) is 1. The highest BCUT2D eigenvalue weighted by molar-refractivity contribution is 7.54. The van der Waals surface area contributed by atoms with Crippen LogP contribution in [0.4, 0.5) is 0 Å². The molecule has 13 heteroatoms. The first kappa shape index (κ1) is 26.7. The molecular weight excluding hydrogens is 457 g/mol. The number of aliphatic carboxylic acids is 1. The molecule has 0 radical (unpaired) electrons. The summed E-state index contributed by atoms with van der Waals surface area (Å²) in [5, 5.41) is 14.3. The van der Waals surface area contributed by atoms with Gasteiger partial charge in [-0.3, -0.25) is 14.2 Å². The van der Waals surface area contributed by atoms with Crippen LogP contribution in [-0.4, -0.2) is 73.2 Å². The zero-order chi connectivity index (χ0) is 24.6. The molecule has 0 aromatic rings. The van der Waals surface area contributed by atoms with Crippen LogP contribution in [0.25, 0.3) is 0 Å². The normalized spacial score (nSPS) is 23.7. The number of carbonyl (C=O) groups is 3. The minimum absolute atomic E-state index is 0.125. The second-order valence-electron chi connectivity index (χ2n) is 7.37. The predicted octanol–water partition coefficient (Wildman–Crippen LogP) is 1.27. The van der Waals surface area contributed by atoms with Crippen LogP contribution in [0.3, 0.4) is 0 Å². The molecule has 1 fully saturated rings. The maximum atomic E-state index is 13.4. The number of rotatable bonds is 12. The first-order valence-corrected chi connectivity index (χ1v) is 11.9. The molecule has 2 rings (SSSR count). The highest BCUT2D eigenvalue weighted by Crippen LogP contribution is 2.40. The standard InChI is InChI=1S/C20H30N3O9P/c1-5-16(20(27)30-4)22-33(28,21-13(2)19(26)29-3)31-12-15-8-9-17(32-15)23-10-6-7-14(11-23)18(24)25/h5-6,10-11,13,15-17H,1,7-9,12H2,2-4H3,(H,24,25)(H2,21,22,28)/t13-,15-,16-,17+,33?/m0/s1. The highest BCUT2D eigenvalue weighted by atomic mass is 31.2. The summed E-state index contributed by atoms with van der Waals surface area (Å²) < 4.78 is 34.3. The van der Waals surface area contributed by atoms with Crippen molar-refractivity contribution in [3.8, 4) is 0 Å². The predicted molar refractivity (Wildman–Crippen MR) is 117 cm³/mol. The number of carbonyl (C=O) groups excluding carboxylic acids is 2. The van der Waals surface area contributed by atoms with Gasteiger partial charge in [-0.1, -0.05) is 12.2 Å². The Kier molecular flexibility index (Phi) is 9.81. The van der Waals surface area contributed by atoms with E-state index in [0.29, 0.717) is 19.3 Å². The molecule has 1 unspecified atom stereocenters. The van der Waals surface area contributed by atoms with E-state index in [-0.39, 0.29) is 12.2 Å². The third kappa shape index (κ3) is 7.51. The molecule has 5 atom stereocenters. The van der Waals surface area contributed by atoms with E-state index in [4.69, 9.17) is 9.26 Å². The van der Waals surface area contributed by atoms with Crippen molar-refractivity contribution in [3.63, 3.8) is 0 Å². The van der Waals surface area contributed by atoms with Gasteiger partial charge in [0.1, 0.15) is 18.3 Å². The van der Waals surface area contributed by atoms with Gasteiger partial charge in [0.05, 0.1) is 32.5 Å². The third-order valence-electron chi connectivity index (χ3n) is 4.97. The lowest BCUT2D eigenvalue weighted by Gasteiger charge is -2.28. The van der Waals surface area contributed by atoms with Gasteiger partial charge >= 0.3 is 25.6 Å². The van der Waals surface area contributed by atoms with Gasteiger partial charge in [-0.25, -0.2) is 15.0 Å². The Morgan fingerprint density at radius 3 is 2.61 bits per heavy atom. The zero-order valence-corrected chi connectivity index (χ0v) is 19.7. The number of methoxy groups -OCH3 is 2. The lowest BCUT2D eigenvalue weighted by molar-refractivity contribution is -0.142. The Labute approximate surface area is 192 Å². The van der Waals surface area contributed by atoms with E-state index < -0.39 is 50.0 Å². The SMILES string of the molecule is C=C[C@H](NP(=O)(N[C@@H](C)C(=O)OC)OC[C@@H]1CC[C@H](N2C=CCC(C(=O)O)=C2)O1)C(=O)OC. The van der Waals surface area contributed by atoms with Crippen LogP contribution in [0.2, 0.25) is 0 Å². The molecule has 1 saturated heterocycles. The van der Waals surface area contributed by atoms with Gasteiger partial charge in [-0.05, 0) is 19.8 Å². The fourth-order valence-corrected chi connectivity index (χ4v) is 5.02. The number of hydrogen-bond acceptors (Lipinski definition) is 9. The molecule has 0 amide bonds. The van der Waals surface area contributed by atoms with Crippen LogP contribution in [0, 0.1) is 0 Å². The molecule has 2 aliphatic rings. The molecule has 0 bridgehead atoms. The van der Waals surface area contributed by atoms with Gasteiger partial charge in [0.2, 0.25) is 0 Å². The minimum Gasteiger partial charge on any atom is -0.478 e. The van der Waals surface area contributed by atoms with E-state index in [2.05, 4.69) is 26.2 Å². The van der Waals surface area contributed by atoms with Crippen LogP contribution in [0.1, 0.15) is 26.2 Å². The van der Waals surface area contributed by atoms with E-state index in [1.807, 2.05) is 0 Å². The van der Waals surface area contributed by atoms with E-state index in [9.17, 15) is 24.1 Å². The number of esters is 2. The van der Waals surface area contributed by atoms with Crippen molar-refractivity contribution in [3.05, 3.63) is 36.7 Å². The van der Waals surface area contributed by atoms with E-state index in [1.165, 1.54) is 33.4 Å². The molecule has 2 aliphatic heterocycles. The van der Waals surface area contributed by atoms with Crippen LogP contribution < -0.4 is 10.2 Å². The number of hydrogen-bond donors (Lipinski definition) is 3. The average Bonchev–Trinajstić information content (AvgIpc) is 3.29. The number of ether oxygens (including phenoxy) is 3. The van der Waals surface area contributed by atoms with Crippen molar-refractivity contribution in [1.29, 1.82) is 0 Å². The molecule has 0 aromatic heterocycles. The lowest BCUT2D eigenvalue weighted by Crippen LogP contribution is -2.43. The molecule has 3 N–H and O–H groups in total. The average molecular weight is 487 g/mol. The van der Waals surface area contributed by atoms with Gasteiger partial charge in [-0.2, -0.15) is 0 Å². The minimum atomic E-state index is -3.98. The number of nitrogens with zero attached hydrogens (tertiary/aromatic N) is 1. The first-order chi connectivity index (χ1) is 15.6. The molecule has 0 spiro atoms. The summed E-state index contributed by atoms with van der Waals surface area (Å²) in [6.45, 7) is 4.83. The molecular formula is C20H30N3O9P. The van der Waals surface area contributed by atoms with Gasteiger partial charge in [0.25, 0.3) is 0 Å². The summed E-state index contributed by atoms with van der Waals surface area (Å²) in [6, 6.07) is -2.17. The molecule has 33 heavy (non-hydrogen) atoms. The summed E-state index contributed by atoms with van der Waals surface area (Å²) in [6.07, 6.45) is 6.80. The largest absolute Gasteiger partial charge is 0.478 e. The van der Waals surface area contributed by atoms with E-state index >= 15 is 0 Å². The smallest absolute Gasteiger partial charge is 0.342 e. The number of carboxylic acids is 1. The van der Waals surface area contributed by atoms with Crippen molar-refractivity contribution in [1.82, 2.24) is 15.1 Å². The molecule has 0 aliphatic carbocycles. The second-order valence-corrected chi connectivity index (χ2v) is 9.25. The summed E-state index contributed by atoms with van der Waals surface area (Å²) in [4.78, 5) is 36.6. The summed E-state index contributed by atoms with van der Waals surface area (Å²) in [5.74, 6) is -2.41. The van der Waals surface area contributed by atoms with E-state index in [0.717, 1.165) is 0 Å². The van der Waals surface area contributed by atoms with Gasteiger partial charge in [0.15, 0.2) is 0 Å². The quantitative estimate of drug-likeness (QED) is 0.206. The van der Waals surface area contributed by atoms with Crippen LogP contribution in [-0.2, 0) is 37.7 Å². The number of nitrogens with one attached hydrogen (secondary N) is 2. The van der Waals surface area contributed by atoms with Crippen molar-refractivity contribution < 1.29 is 42.8 Å². The van der Waals surface area contributed by atoms with Crippen molar-refractivity contribution >= 4 is 25.6 Å². The Morgan fingerprint density at radius 1 is 1.30 bits per heavy atom. The third-order valence-corrected chi connectivity index (χ3v) is 6.83. The van der Waals surface area contributed by atoms with Crippen LogP contribution >= 0.6 is 7.67 Å². The topological polar surface area (TPSA) is 153 Å². The van der Waals surface area contributed by atoms with Crippen molar-refractivity contribution in [2.75, 3.05) is 20.8 Å². The Morgan fingerprint density at radius 2 is 2.00 bits per heavy atom. The molecule has 0 saturated carbocycles. The summed E-state index contributed by atoms with van der Waals surface area (Å²) >= 11 is 0. The lowest BCUT2D eigenvalue weighted by atomic mass is 10.1. The molecule has 12 nitrogen and oxygen atoms in total. The van der Waals surface area contributed by atoms with Crippen molar-refractivity contribution in [2.24, 2.45) is 0 Å². The van der Waals surface area contributed by atoms with Gasteiger partial charge in [-0.15, -0.1) is 6.58 Å². The van der Waals surface area contributed by atoms with Crippen LogP contribution in [0.15, 0.2) is 36.7 Å². The number of allylic oxidation sites excluding steroid dienone is 1. The van der Waals surface area contributed by atoms with Gasteiger partial charge < -0.3 is 28.7 Å². The van der Waals surface area contributed by atoms with Gasteiger partial charge in [0, 0.05) is 18.8 Å². The van der Waals surface area contributed by atoms with Crippen molar-refractivity contribution in [2.45, 2.75) is 50.6 Å². The highest BCUT2D eigenvalue weighted by Gasteiger charge is 2.36.